The summed E-state index contributed by atoms with van der Waals surface area (Å²) in [6.07, 6.45) is 4.64. The maximum Gasteiger partial charge on any atom is 0.410 e. The van der Waals surface area contributed by atoms with E-state index in [9.17, 15) is 4.79 Å². The topological polar surface area (TPSA) is 83.8 Å². The van der Waals surface area contributed by atoms with E-state index >= 15 is 0 Å². The number of hydrogen-bond acceptors (Lipinski definition) is 4. The fourth-order valence-corrected chi connectivity index (χ4v) is 2.96. The van der Waals surface area contributed by atoms with E-state index in [0.29, 0.717) is 19.0 Å². The first-order valence-electron chi connectivity index (χ1n) is 9.21. The zero-order valence-corrected chi connectivity index (χ0v) is 16.6. The third-order valence-electron chi connectivity index (χ3n) is 4.34. The molecule has 1 amide bonds. The zero-order chi connectivity index (χ0) is 19.2. The molecule has 0 spiro atoms. The Morgan fingerprint density at radius 3 is 2.77 bits per heavy atom. The van der Waals surface area contributed by atoms with Crippen LogP contribution in [0.5, 0.6) is 0 Å². The van der Waals surface area contributed by atoms with Crippen LogP contribution in [0.1, 0.15) is 45.7 Å². The minimum atomic E-state index is -0.479. The van der Waals surface area contributed by atoms with Crippen LogP contribution < -0.4 is 10.6 Å². The van der Waals surface area contributed by atoms with Crippen molar-refractivity contribution in [3.63, 3.8) is 0 Å². The third kappa shape index (κ3) is 5.93. The summed E-state index contributed by atoms with van der Waals surface area (Å²) in [7, 11) is 3.65. The van der Waals surface area contributed by atoms with Gasteiger partial charge in [-0.3, -0.25) is 9.67 Å². The van der Waals surface area contributed by atoms with Crippen LogP contribution in [-0.4, -0.2) is 58.5 Å². The number of aromatic nitrogens is 2. The van der Waals surface area contributed by atoms with Crippen LogP contribution in [0.4, 0.5) is 4.79 Å². The van der Waals surface area contributed by atoms with Gasteiger partial charge < -0.3 is 20.3 Å². The number of nitrogens with zero attached hydrogens (tertiary/aromatic N) is 4. The minimum absolute atomic E-state index is 0.105. The van der Waals surface area contributed by atoms with E-state index < -0.39 is 5.60 Å². The summed E-state index contributed by atoms with van der Waals surface area (Å²) in [5, 5.41) is 10.8. The predicted octanol–water partition coefficient (Wildman–Crippen LogP) is 1.87. The van der Waals surface area contributed by atoms with Crippen molar-refractivity contribution in [3.8, 4) is 0 Å². The number of aliphatic imine (C=N–C) groups is 1. The lowest BCUT2D eigenvalue weighted by molar-refractivity contribution is 0.0104. The largest absolute Gasteiger partial charge is 0.444 e. The molecule has 2 rings (SSSR count). The van der Waals surface area contributed by atoms with Gasteiger partial charge in [-0.05, 0) is 46.1 Å². The Bertz CT molecular complexity index is 619. The van der Waals surface area contributed by atoms with Crippen molar-refractivity contribution in [2.24, 2.45) is 12.0 Å². The quantitative estimate of drug-likeness (QED) is 0.629. The SMILES string of the molecule is CN=C(NCc1ccnn1C)NCC1CCCCN1C(=O)OC(C)(C)C. The fourth-order valence-electron chi connectivity index (χ4n) is 2.96. The number of amides is 1. The lowest BCUT2D eigenvalue weighted by Crippen LogP contribution is -2.52. The molecule has 0 aliphatic carbocycles. The molecular weight excluding hydrogens is 332 g/mol. The number of nitrogens with one attached hydrogen (secondary N) is 2. The summed E-state index contributed by atoms with van der Waals surface area (Å²) in [4.78, 5) is 18.6. The number of guanidine groups is 1. The van der Waals surface area contributed by atoms with Crippen molar-refractivity contribution >= 4 is 12.1 Å². The average molecular weight is 364 g/mol. The molecule has 1 aromatic heterocycles. The smallest absolute Gasteiger partial charge is 0.410 e. The molecule has 1 unspecified atom stereocenters. The van der Waals surface area contributed by atoms with Crippen LogP contribution in [0.15, 0.2) is 17.3 Å². The average Bonchev–Trinajstić information content (AvgIpc) is 2.99. The molecule has 1 atom stereocenters. The zero-order valence-electron chi connectivity index (χ0n) is 16.6. The van der Waals surface area contributed by atoms with Crippen LogP contribution in [0, 0.1) is 0 Å². The Balaban J connectivity index is 1.87. The van der Waals surface area contributed by atoms with E-state index in [2.05, 4.69) is 20.7 Å². The molecule has 0 saturated carbocycles. The van der Waals surface area contributed by atoms with Crippen molar-refractivity contribution in [1.29, 1.82) is 0 Å². The number of likely N-dealkylation sites (tertiary alicyclic amines) is 1. The second kappa shape index (κ2) is 8.91. The Kier molecular flexibility index (Phi) is 6.88. The van der Waals surface area contributed by atoms with Gasteiger partial charge in [0.1, 0.15) is 5.60 Å². The predicted molar refractivity (Wildman–Crippen MR) is 102 cm³/mol. The number of rotatable bonds is 4. The maximum absolute atomic E-state index is 12.5. The highest BCUT2D eigenvalue weighted by atomic mass is 16.6. The Hall–Kier alpha value is -2.25. The summed E-state index contributed by atoms with van der Waals surface area (Å²) in [6, 6.07) is 2.07. The van der Waals surface area contributed by atoms with Crippen LogP contribution in [0.2, 0.25) is 0 Å². The van der Waals surface area contributed by atoms with E-state index in [1.165, 1.54) is 0 Å². The summed E-state index contributed by atoms with van der Waals surface area (Å²) < 4.78 is 7.38. The Morgan fingerprint density at radius 2 is 2.15 bits per heavy atom. The van der Waals surface area contributed by atoms with Gasteiger partial charge in [-0.1, -0.05) is 0 Å². The first-order valence-corrected chi connectivity index (χ1v) is 9.21. The Labute approximate surface area is 156 Å². The van der Waals surface area contributed by atoms with Gasteiger partial charge in [0, 0.05) is 33.4 Å². The van der Waals surface area contributed by atoms with Gasteiger partial charge >= 0.3 is 6.09 Å². The normalized spacial score (nSPS) is 18.6. The van der Waals surface area contributed by atoms with Crippen molar-refractivity contribution < 1.29 is 9.53 Å². The van der Waals surface area contributed by atoms with Crippen LogP contribution in [0.3, 0.4) is 0 Å². The van der Waals surface area contributed by atoms with Crippen molar-refractivity contribution in [3.05, 3.63) is 18.0 Å². The molecule has 1 fully saturated rings. The first-order chi connectivity index (χ1) is 12.3. The monoisotopic (exact) mass is 364 g/mol. The van der Waals surface area contributed by atoms with Crippen LogP contribution in [0.25, 0.3) is 0 Å². The molecule has 0 radical (unpaired) electrons. The van der Waals surface area contributed by atoms with Crippen molar-refractivity contribution in [1.82, 2.24) is 25.3 Å². The molecular formula is C18H32N6O2. The standard InChI is InChI=1S/C18H32N6O2/c1-18(2,3)26-17(25)24-11-7-6-8-15(24)13-21-16(19-4)20-12-14-9-10-22-23(14)5/h9-10,15H,6-8,11-13H2,1-5H3,(H2,19,20,21). The molecule has 1 aliphatic rings. The number of carbonyl (C=O) groups is 1. The van der Waals surface area contributed by atoms with E-state index in [1.807, 2.05) is 43.5 Å². The van der Waals surface area contributed by atoms with E-state index in [4.69, 9.17) is 4.74 Å². The molecule has 1 aromatic rings. The van der Waals surface area contributed by atoms with Gasteiger partial charge in [-0.25, -0.2) is 4.79 Å². The molecule has 1 saturated heterocycles. The van der Waals surface area contributed by atoms with Gasteiger partial charge in [0.25, 0.3) is 0 Å². The highest BCUT2D eigenvalue weighted by Crippen LogP contribution is 2.20. The highest BCUT2D eigenvalue weighted by molar-refractivity contribution is 5.79. The van der Waals surface area contributed by atoms with Gasteiger partial charge in [0.05, 0.1) is 18.3 Å². The van der Waals surface area contributed by atoms with Crippen molar-refractivity contribution in [2.45, 2.75) is 58.2 Å². The first kappa shape index (κ1) is 20.1. The molecule has 8 heteroatoms. The minimum Gasteiger partial charge on any atom is -0.444 e. The molecule has 0 aromatic carbocycles. The summed E-state index contributed by atoms with van der Waals surface area (Å²) in [5.41, 5.74) is 0.591. The maximum atomic E-state index is 12.5. The fraction of sp³-hybridized carbons (Fsp3) is 0.722. The summed E-state index contributed by atoms with van der Waals surface area (Å²) in [5.74, 6) is 0.709. The van der Waals surface area contributed by atoms with E-state index in [-0.39, 0.29) is 12.1 Å². The molecule has 8 nitrogen and oxygen atoms in total. The Morgan fingerprint density at radius 1 is 1.38 bits per heavy atom. The van der Waals surface area contributed by atoms with E-state index in [0.717, 1.165) is 31.5 Å². The van der Waals surface area contributed by atoms with Gasteiger partial charge in [-0.2, -0.15) is 5.10 Å². The third-order valence-corrected chi connectivity index (χ3v) is 4.34. The van der Waals surface area contributed by atoms with E-state index in [1.54, 1.807) is 13.2 Å². The second-order valence-corrected chi connectivity index (χ2v) is 7.58. The number of ether oxygens (including phenoxy) is 1. The number of piperidine rings is 1. The van der Waals surface area contributed by atoms with Gasteiger partial charge in [-0.15, -0.1) is 0 Å². The summed E-state index contributed by atoms with van der Waals surface area (Å²) in [6.45, 7) is 7.70. The molecule has 2 N–H and O–H groups in total. The highest BCUT2D eigenvalue weighted by Gasteiger charge is 2.30. The van der Waals surface area contributed by atoms with Crippen LogP contribution in [-0.2, 0) is 18.3 Å². The molecule has 0 bridgehead atoms. The number of aryl methyl sites for hydroxylation is 1. The molecule has 2 heterocycles. The summed E-state index contributed by atoms with van der Waals surface area (Å²) >= 11 is 0. The van der Waals surface area contributed by atoms with Gasteiger partial charge in [0.2, 0.25) is 0 Å². The lowest BCUT2D eigenvalue weighted by atomic mass is 10.0. The molecule has 1 aliphatic heterocycles. The molecule has 146 valence electrons. The second-order valence-electron chi connectivity index (χ2n) is 7.58. The number of hydrogen-bond donors (Lipinski definition) is 2. The van der Waals surface area contributed by atoms with Gasteiger partial charge in [0.15, 0.2) is 5.96 Å². The lowest BCUT2D eigenvalue weighted by Gasteiger charge is -2.37. The number of carbonyl (C=O) groups excluding carboxylic acids is 1. The van der Waals surface area contributed by atoms with Crippen molar-refractivity contribution in [2.75, 3.05) is 20.1 Å². The molecule has 26 heavy (non-hydrogen) atoms. The van der Waals surface area contributed by atoms with Crippen LogP contribution >= 0.6 is 0 Å².